The fraction of sp³-hybridized carbons (Fsp3) is 0.462. The van der Waals surface area contributed by atoms with E-state index in [1.54, 1.807) is 23.1 Å². The first-order valence-corrected chi connectivity index (χ1v) is 15.2. The molecule has 0 saturated carbocycles. The van der Waals surface area contributed by atoms with Crippen LogP contribution in [0.4, 0.5) is 0 Å². The number of nitrogens with zero attached hydrogens (tertiary/aromatic N) is 4. The van der Waals surface area contributed by atoms with E-state index in [0.717, 1.165) is 52.5 Å². The van der Waals surface area contributed by atoms with Crippen LogP contribution in [0, 0.1) is 0 Å². The molecular weight excluding hydrogens is 511 g/mol. The van der Waals surface area contributed by atoms with Crippen LogP contribution in [0.3, 0.4) is 0 Å². The second kappa shape index (κ2) is 11.1. The molecule has 1 N–H and O–H groups in total. The zero-order valence-corrected chi connectivity index (χ0v) is 23.3. The number of hydrogen-bond donors (Lipinski definition) is 1. The first-order valence-electron chi connectivity index (χ1n) is 12.4. The lowest BCUT2D eigenvalue weighted by molar-refractivity contribution is -0.118. The van der Waals surface area contributed by atoms with Gasteiger partial charge in [-0.3, -0.25) is 4.79 Å². The molecule has 0 unspecified atom stereocenters. The van der Waals surface area contributed by atoms with Gasteiger partial charge < -0.3 is 10.1 Å². The molecule has 1 amide bonds. The third-order valence-electron chi connectivity index (χ3n) is 6.51. The highest BCUT2D eigenvalue weighted by Gasteiger charge is 2.33. The smallest absolute Gasteiger partial charge is 0.230 e. The summed E-state index contributed by atoms with van der Waals surface area (Å²) < 4.78 is 8.25. The summed E-state index contributed by atoms with van der Waals surface area (Å²) in [7, 11) is 0. The highest BCUT2D eigenvalue weighted by Crippen LogP contribution is 2.42. The summed E-state index contributed by atoms with van der Waals surface area (Å²) in [5, 5.41) is 14.8. The molecule has 1 atom stereocenters. The van der Waals surface area contributed by atoms with E-state index >= 15 is 0 Å². The Hall–Kier alpha value is -2.14. The average molecular weight is 542 g/mol. The van der Waals surface area contributed by atoms with Crippen LogP contribution in [-0.4, -0.2) is 49.1 Å². The highest BCUT2D eigenvalue weighted by atomic mass is 32.2. The Labute approximate surface area is 223 Å². The molecule has 190 valence electrons. The second-order valence-corrected chi connectivity index (χ2v) is 12.3. The van der Waals surface area contributed by atoms with Gasteiger partial charge in [-0.2, -0.15) is 0 Å². The Morgan fingerprint density at radius 3 is 2.81 bits per heavy atom. The molecule has 10 heteroatoms. The highest BCUT2D eigenvalue weighted by molar-refractivity contribution is 8.00. The van der Waals surface area contributed by atoms with Crippen LogP contribution in [0.1, 0.15) is 49.6 Å². The number of amides is 1. The number of rotatable bonds is 10. The van der Waals surface area contributed by atoms with Crippen molar-refractivity contribution >= 4 is 56.6 Å². The van der Waals surface area contributed by atoms with Gasteiger partial charge in [0.2, 0.25) is 5.91 Å². The lowest BCUT2D eigenvalue weighted by Crippen LogP contribution is -2.33. The maximum absolute atomic E-state index is 12.6. The zero-order valence-electron chi connectivity index (χ0n) is 20.9. The van der Waals surface area contributed by atoms with Gasteiger partial charge in [-0.25, -0.2) is 9.38 Å². The Bertz CT molecular complexity index is 1370. The number of thiophene rings is 1. The monoisotopic (exact) mass is 541 g/mol. The van der Waals surface area contributed by atoms with E-state index in [1.165, 1.54) is 27.8 Å². The third kappa shape index (κ3) is 5.27. The van der Waals surface area contributed by atoms with Gasteiger partial charge in [-0.15, -0.1) is 21.5 Å². The molecule has 1 aromatic carbocycles. The van der Waals surface area contributed by atoms with Crippen LogP contribution < -0.4 is 5.32 Å². The number of carbonyl (C=O) groups excluding carboxylic acids is 1. The topological polar surface area (TPSA) is 81.4 Å². The van der Waals surface area contributed by atoms with Crippen molar-refractivity contribution in [1.29, 1.82) is 0 Å². The number of carbonyl (C=O) groups is 1. The molecule has 4 aromatic rings. The Morgan fingerprint density at radius 1 is 1.19 bits per heavy atom. The number of hydrogen-bond acceptors (Lipinski definition) is 8. The first kappa shape index (κ1) is 25.5. The lowest BCUT2D eigenvalue weighted by atomic mass is 9.90. The number of benzene rings is 1. The van der Waals surface area contributed by atoms with Gasteiger partial charge in [-0.05, 0) is 37.3 Å². The summed E-state index contributed by atoms with van der Waals surface area (Å²) in [6.45, 7) is 7.74. The van der Waals surface area contributed by atoms with Crippen molar-refractivity contribution in [3.63, 3.8) is 0 Å². The molecule has 3 aromatic heterocycles. The minimum Gasteiger partial charge on any atom is -0.369 e. The van der Waals surface area contributed by atoms with Gasteiger partial charge in [0.1, 0.15) is 4.83 Å². The summed E-state index contributed by atoms with van der Waals surface area (Å²) in [6.07, 6.45) is 3.65. The molecule has 5 rings (SSSR count). The molecule has 0 spiro atoms. The number of fused-ring (bicyclic) bond motifs is 5. The molecule has 0 radical (unpaired) electrons. The van der Waals surface area contributed by atoms with Crippen molar-refractivity contribution in [1.82, 2.24) is 24.9 Å². The van der Waals surface area contributed by atoms with Gasteiger partial charge in [0.05, 0.1) is 23.3 Å². The van der Waals surface area contributed by atoms with Crippen LogP contribution in [0.2, 0.25) is 0 Å². The van der Waals surface area contributed by atoms with E-state index in [4.69, 9.17) is 9.72 Å². The van der Waals surface area contributed by atoms with Gasteiger partial charge in [0.25, 0.3) is 0 Å². The average Bonchev–Trinajstić information content (AvgIpc) is 3.47. The van der Waals surface area contributed by atoms with E-state index in [2.05, 4.69) is 52.8 Å². The van der Waals surface area contributed by atoms with Crippen LogP contribution in [0.5, 0.6) is 0 Å². The Kier molecular flexibility index (Phi) is 7.85. The van der Waals surface area contributed by atoms with Crippen molar-refractivity contribution < 1.29 is 9.53 Å². The fourth-order valence-corrected chi connectivity index (χ4v) is 7.12. The summed E-state index contributed by atoms with van der Waals surface area (Å²) in [6, 6.07) is 10.2. The predicted molar refractivity (Wildman–Crippen MR) is 148 cm³/mol. The summed E-state index contributed by atoms with van der Waals surface area (Å²) in [5.74, 6) is 1.24. The van der Waals surface area contributed by atoms with Gasteiger partial charge in [-0.1, -0.05) is 67.7 Å². The van der Waals surface area contributed by atoms with E-state index < -0.39 is 0 Å². The molecule has 0 saturated heterocycles. The minimum absolute atomic E-state index is 0.00625. The summed E-state index contributed by atoms with van der Waals surface area (Å²) in [5.41, 5.74) is 3.16. The second-order valence-electron chi connectivity index (χ2n) is 9.21. The molecule has 7 nitrogen and oxygen atoms in total. The molecule has 0 aliphatic carbocycles. The normalized spacial score (nSPS) is 17.5. The van der Waals surface area contributed by atoms with Gasteiger partial charge >= 0.3 is 0 Å². The van der Waals surface area contributed by atoms with E-state index in [0.29, 0.717) is 18.3 Å². The van der Waals surface area contributed by atoms with E-state index in [1.807, 2.05) is 18.2 Å². The number of thioether (sulfide) groups is 2. The van der Waals surface area contributed by atoms with Crippen molar-refractivity contribution in [3.8, 4) is 0 Å². The summed E-state index contributed by atoms with van der Waals surface area (Å²) >= 11 is 4.83. The minimum atomic E-state index is -0.178. The SMILES string of the molecule is CCCSc1nc2sc3c(c2c2nnc(SCC(=O)NCCc4ccccc4)n12)C[C@@](C)(CC)OC3. The molecular formula is C26H31N5O2S3. The maximum Gasteiger partial charge on any atom is 0.230 e. The van der Waals surface area contributed by atoms with Gasteiger partial charge in [0.15, 0.2) is 16.0 Å². The molecule has 36 heavy (non-hydrogen) atoms. The molecule has 1 aliphatic heterocycles. The largest absolute Gasteiger partial charge is 0.369 e. The van der Waals surface area contributed by atoms with Crippen molar-refractivity contribution in [2.45, 2.75) is 69.0 Å². The van der Waals surface area contributed by atoms with E-state index in [-0.39, 0.29) is 17.3 Å². The van der Waals surface area contributed by atoms with Crippen molar-refractivity contribution in [3.05, 3.63) is 46.3 Å². The van der Waals surface area contributed by atoms with E-state index in [9.17, 15) is 4.79 Å². The molecule has 0 fully saturated rings. The van der Waals surface area contributed by atoms with Crippen molar-refractivity contribution in [2.75, 3.05) is 18.1 Å². The Morgan fingerprint density at radius 2 is 2.03 bits per heavy atom. The standard InChI is InChI=1S/C26H31N5O2S3/c1-4-13-34-24-28-23-21(18-14-26(3,5-2)33-15-19(18)36-23)22-29-30-25(31(22)24)35-16-20(32)27-12-11-17-9-7-6-8-10-17/h6-10H,4-5,11-16H2,1-3H3,(H,27,32)/t26-/m1/s1. The van der Waals surface area contributed by atoms with Crippen molar-refractivity contribution in [2.24, 2.45) is 0 Å². The number of aromatic nitrogens is 4. The Balaban J connectivity index is 1.39. The fourth-order valence-electron chi connectivity index (χ4n) is 4.30. The third-order valence-corrected chi connectivity index (χ3v) is 9.69. The predicted octanol–water partition coefficient (Wildman–Crippen LogP) is 5.53. The summed E-state index contributed by atoms with van der Waals surface area (Å²) in [4.78, 5) is 19.9. The molecule has 1 aliphatic rings. The number of ether oxygens (including phenoxy) is 1. The molecule has 4 heterocycles. The van der Waals surface area contributed by atoms with Crippen LogP contribution in [0.25, 0.3) is 15.9 Å². The van der Waals surface area contributed by atoms with Crippen LogP contribution in [0.15, 0.2) is 40.6 Å². The van der Waals surface area contributed by atoms with Crippen LogP contribution in [-0.2, 0) is 29.0 Å². The van der Waals surface area contributed by atoms with Crippen LogP contribution >= 0.6 is 34.9 Å². The maximum atomic E-state index is 12.6. The lowest BCUT2D eigenvalue weighted by Gasteiger charge is -2.33. The quantitative estimate of drug-likeness (QED) is 0.209. The zero-order chi connectivity index (χ0) is 25.1. The first-order chi connectivity index (χ1) is 17.5. The number of nitrogens with one attached hydrogen (secondary N) is 1. The molecule has 0 bridgehead atoms. The van der Waals surface area contributed by atoms with Gasteiger partial charge in [0, 0.05) is 23.6 Å².